The van der Waals surface area contributed by atoms with Crippen LogP contribution in [0.2, 0.25) is 0 Å². The maximum Gasteiger partial charge on any atom is 0.318 e. The normalized spacial score (nSPS) is 18.5. The Morgan fingerprint density at radius 1 is 1.33 bits per heavy atom. The Balaban J connectivity index is 1.67. The number of amides is 2. The number of hydrogen-bond acceptors (Lipinski definition) is 3. The van der Waals surface area contributed by atoms with E-state index in [4.69, 9.17) is 4.42 Å². The number of nitrogens with one attached hydrogen (secondary N) is 1. The maximum absolute atomic E-state index is 12.4. The van der Waals surface area contributed by atoms with Crippen molar-refractivity contribution in [2.45, 2.75) is 31.8 Å². The Labute approximate surface area is 124 Å². The fraction of sp³-hybridized carbons (Fsp3) is 0.375. The summed E-state index contributed by atoms with van der Waals surface area (Å²) < 4.78 is 5.24. The van der Waals surface area contributed by atoms with Crippen molar-refractivity contribution in [2.75, 3.05) is 6.54 Å². The highest BCUT2D eigenvalue weighted by molar-refractivity contribution is 5.74. The number of likely N-dealkylation sites (tertiary alicyclic amines) is 1. The van der Waals surface area contributed by atoms with Crippen LogP contribution in [0.1, 0.15) is 36.8 Å². The number of urea groups is 1. The van der Waals surface area contributed by atoms with E-state index in [1.54, 1.807) is 12.5 Å². The molecule has 0 saturated carbocycles. The number of rotatable bonds is 3. The maximum atomic E-state index is 12.4. The number of carbonyl (C=O) groups is 1. The first-order chi connectivity index (χ1) is 10.3. The van der Waals surface area contributed by atoms with Gasteiger partial charge in [-0.25, -0.2) is 4.79 Å². The molecule has 0 radical (unpaired) electrons. The van der Waals surface area contributed by atoms with Crippen molar-refractivity contribution in [1.82, 2.24) is 15.2 Å². The van der Waals surface area contributed by atoms with Crippen molar-refractivity contribution in [3.63, 3.8) is 0 Å². The Morgan fingerprint density at radius 3 is 3.05 bits per heavy atom. The van der Waals surface area contributed by atoms with Crippen LogP contribution in [0.25, 0.3) is 0 Å². The number of piperidine rings is 1. The Bertz CT molecular complexity index is 568. The van der Waals surface area contributed by atoms with Gasteiger partial charge in [-0.15, -0.1) is 0 Å². The molecular formula is C16H19N3O2. The molecule has 5 heteroatoms. The number of carbonyl (C=O) groups excluding carboxylic acids is 1. The molecule has 3 heterocycles. The molecule has 1 aliphatic rings. The molecule has 1 saturated heterocycles. The van der Waals surface area contributed by atoms with Crippen LogP contribution in [0.4, 0.5) is 4.79 Å². The van der Waals surface area contributed by atoms with E-state index in [0.717, 1.165) is 37.3 Å². The predicted octanol–water partition coefficient (Wildman–Crippen LogP) is 3.11. The third-order valence-electron chi connectivity index (χ3n) is 3.79. The summed E-state index contributed by atoms with van der Waals surface area (Å²) >= 11 is 0. The topological polar surface area (TPSA) is 58.4 Å². The van der Waals surface area contributed by atoms with E-state index in [-0.39, 0.29) is 12.1 Å². The van der Waals surface area contributed by atoms with Gasteiger partial charge in [-0.05, 0) is 43.5 Å². The second-order valence-electron chi connectivity index (χ2n) is 5.20. The second kappa shape index (κ2) is 6.43. The molecule has 1 fully saturated rings. The minimum absolute atomic E-state index is 0.0539. The molecule has 110 valence electrons. The monoisotopic (exact) mass is 285 g/mol. The Kier molecular flexibility index (Phi) is 4.19. The highest BCUT2D eigenvalue weighted by atomic mass is 16.3. The minimum atomic E-state index is -0.0539. The predicted molar refractivity (Wildman–Crippen MR) is 78.5 cm³/mol. The number of aromatic nitrogens is 1. The molecule has 21 heavy (non-hydrogen) atoms. The average molecular weight is 285 g/mol. The second-order valence-corrected chi connectivity index (χ2v) is 5.20. The van der Waals surface area contributed by atoms with E-state index >= 15 is 0 Å². The molecule has 2 aromatic rings. The van der Waals surface area contributed by atoms with Gasteiger partial charge >= 0.3 is 6.03 Å². The van der Waals surface area contributed by atoms with Crippen LogP contribution in [0.15, 0.2) is 47.2 Å². The summed E-state index contributed by atoms with van der Waals surface area (Å²) in [6.45, 7) is 1.18. The van der Waals surface area contributed by atoms with Crippen LogP contribution >= 0.6 is 0 Å². The van der Waals surface area contributed by atoms with Gasteiger partial charge in [0.25, 0.3) is 0 Å². The lowest BCUT2D eigenvalue weighted by molar-refractivity contribution is 0.148. The van der Waals surface area contributed by atoms with Crippen molar-refractivity contribution >= 4 is 6.03 Å². The van der Waals surface area contributed by atoms with Crippen LogP contribution in [-0.2, 0) is 6.54 Å². The molecule has 0 spiro atoms. The van der Waals surface area contributed by atoms with Crippen LogP contribution < -0.4 is 5.32 Å². The van der Waals surface area contributed by atoms with Crippen molar-refractivity contribution in [2.24, 2.45) is 0 Å². The molecule has 3 rings (SSSR count). The first kappa shape index (κ1) is 13.7. The highest BCUT2D eigenvalue weighted by Crippen LogP contribution is 2.29. The number of hydrogen-bond donors (Lipinski definition) is 1. The van der Waals surface area contributed by atoms with Gasteiger partial charge in [-0.3, -0.25) is 4.98 Å². The molecule has 0 aliphatic carbocycles. The molecule has 1 N–H and O–H groups in total. The smallest absolute Gasteiger partial charge is 0.318 e. The van der Waals surface area contributed by atoms with E-state index in [1.165, 1.54) is 0 Å². The Hall–Kier alpha value is -2.30. The number of nitrogens with zero attached hydrogens (tertiary/aromatic N) is 2. The molecule has 2 aromatic heterocycles. The standard InChI is InChI=1S/C16H19N3O2/c20-16(18-12-13-6-5-11-21-13)19-10-4-2-8-15(19)14-7-1-3-9-17-14/h1,3,5-7,9,11,15H,2,4,8,10,12H2,(H,18,20). The quantitative estimate of drug-likeness (QED) is 0.942. The number of furan rings is 1. The summed E-state index contributed by atoms with van der Waals surface area (Å²) in [6, 6.07) is 9.54. The minimum Gasteiger partial charge on any atom is -0.467 e. The zero-order chi connectivity index (χ0) is 14.5. The molecule has 0 aromatic carbocycles. The van der Waals surface area contributed by atoms with Crippen molar-refractivity contribution < 1.29 is 9.21 Å². The summed E-state index contributed by atoms with van der Waals surface area (Å²) in [6.07, 6.45) is 6.52. The van der Waals surface area contributed by atoms with Crippen LogP contribution in [0.3, 0.4) is 0 Å². The highest BCUT2D eigenvalue weighted by Gasteiger charge is 2.28. The van der Waals surface area contributed by atoms with Crippen LogP contribution in [0.5, 0.6) is 0 Å². The lowest BCUT2D eigenvalue weighted by Gasteiger charge is -2.35. The summed E-state index contributed by atoms with van der Waals surface area (Å²) in [7, 11) is 0. The summed E-state index contributed by atoms with van der Waals surface area (Å²) in [5, 5.41) is 2.92. The van der Waals surface area contributed by atoms with Gasteiger partial charge in [-0.2, -0.15) is 0 Å². The van der Waals surface area contributed by atoms with E-state index < -0.39 is 0 Å². The van der Waals surface area contributed by atoms with Gasteiger partial charge in [0.2, 0.25) is 0 Å². The molecule has 1 unspecified atom stereocenters. The van der Waals surface area contributed by atoms with E-state index in [0.29, 0.717) is 6.54 Å². The van der Waals surface area contributed by atoms with E-state index in [9.17, 15) is 4.79 Å². The van der Waals surface area contributed by atoms with Crippen LogP contribution in [-0.4, -0.2) is 22.5 Å². The third-order valence-corrected chi connectivity index (χ3v) is 3.79. The molecule has 1 aliphatic heterocycles. The molecular weight excluding hydrogens is 266 g/mol. The lowest BCUT2D eigenvalue weighted by Crippen LogP contribution is -2.44. The van der Waals surface area contributed by atoms with Crippen molar-refractivity contribution in [1.29, 1.82) is 0 Å². The third kappa shape index (κ3) is 3.24. The fourth-order valence-corrected chi connectivity index (χ4v) is 2.73. The van der Waals surface area contributed by atoms with Gasteiger partial charge < -0.3 is 14.6 Å². The van der Waals surface area contributed by atoms with E-state index in [2.05, 4.69) is 10.3 Å². The zero-order valence-corrected chi connectivity index (χ0v) is 11.9. The van der Waals surface area contributed by atoms with Crippen LogP contribution in [0, 0.1) is 0 Å². The molecule has 2 amide bonds. The zero-order valence-electron chi connectivity index (χ0n) is 11.9. The number of pyridine rings is 1. The lowest BCUT2D eigenvalue weighted by atomic mass is 9.99. The van der Waals surface area contributed by atoms with Crippen molar-refractivity contribution in [3.05, 3.63) is 54.2 Å². The average Bonchev–Trinajstić information content (AvgIpc) is 3.07. The first-order valence-corrected chi connectivity index (χ1v) is 7.32. The van der Waals surface area contributed by atoms with Gasteiger partial charge in [0.15, 0.2) is 0 Å². The summed E-state index contributed by atoms with van der Waals surface area (Å²) in [5.74, 6) is 0.759. The van der Waals surface area contributed by atoms with Gasteiger partial charge in [0.05, 0.1) is 24.5 Å². The molecule has 1 atom stereocenters. The Morgan fingerprint density at radius 2 is 2.29 bits per heavy atom. The molecule has 0 bridgehead atoms. The SMILES string of the molecule is O=C(NCc1ccco1)N1CCCCC1c1ccccn1. The summed E-state index contributed by atoms with van der Waals surface area (Å²) in [4.78, 5) is 18.7. The first-order valence-electron chi connectivity index (χ1n) is 7.32. The largest absolute Gasteiger partial charge is 0.467 e. The molecule has 5 nitrogen and oxygen atoms in total. The fourth-order valence-electron chi connectivity index (χ4n) is 2.73. The van der Waals surface area contributed by atoms with Crippen molar-refractivity contribution in [3.8, 4) is 0 Å². The van der Waals surface area contributed by atoms with Gasteiger partial charge in [0, 0.05) is 12.7 Å². The summed E-state index contributed by atoms with van der Waals surface area (Å²) in [5.41, 5.74) is 0.963. The van der Waals surface area contributed by atoms with E-state index in [1.807, 2.05) is 35.2 Å². The van der Waals surface area contributed by atoms with Gasteiger partial charge in [-0.1, -0.05) is 6.07 Å². The van der Waals surface area contributed by atoms with Gasteiger partial charge in [0.1, 0.15) is 5.76 Å².